The number of rotatable bonds is 4. The SMILES string of the molecule is I.NC(=NCC1CCN(C2CC2)CC1)N1CCN(c2ccc(Cl)cc2)CC1. The van der Waals surface area contributed by atoms with E-state index in [0.717, 1.165) is 49.7 Å². The van der Waals surface area contributed by atoms with Gasteiger partial charge < -0.3 is 20.4 Å². The number of benzene rings is 1. The average Bonchev–Trinajstić information content (AvgIpc) is 3.53. The first-order chi connectivity index (χ1) is 12.7. The van der Waals surface area contributed by atoms with Gasteiger partial charge in [0.2, 0.25) is 0 Å². The van der Waals surface area contributed by atoms with Gasteiger partial charge in [-0.3, -0.25) is 4.99 Å². The highest BCUT2D eigenvalue weighted by Crippen LogP contribution is 2.30. The Balaban J connectivity index is 0.00000210. The lowest BCUT2D eigenvalue weighted by molar-refractivity contribution is 0.179. The lowest BCUT2D eigenvalue weighted by Gasteiger charge is -2.37. The van der Waals surface area contributed by atoms with Crippen molar-refractivity contribution in [2.45, 2.75) is 31.7 Å². The fourth-order valence-electron chi connectivity index (χ4n) is 4.11. The van der Waals surface area contributed by atoms with E-state index in [2.05, 4.69) is 26.8 Å². The number of aliphatic imine (C=N–C) groups is 1. The van der Waals surface area contributed by atoms with Gasteiger partial charge in [0.1, 0.15) is 0 Å². The Bertz CT molecular complexity index is 618. The summed E-state index contributed by atoms with van der Waals surface area (Å²) in [5.74, 6) is 1.43. The zero-order valence-corrected chi connectivity index (χ0v) is 19.0. The molecule has 0 aromatic heterocycles. The molecule has 3 aliphatic rings. The molecule has 4 rings (SSSR count). The number of piperazine rings is 1. The lowest BCUT2D eigenvalue weighted by atomic mass is 9.97. The summed E-state index contributed by atoms with van der Waals surface area (Å²) in [5.41, 5.74) is 7.51. The Morgan fingerprint density at radius 3 is 2.19 bits per heavy atom. The maximum Gasteiger partial charge on any atom is 0.191 e. The normalized spacial score (nSPS) is 22.6. The molecule has 1 saturated carbocycles. The second-order valence-electron chi connectivity index (χ2n) is 7.86. The van der Waals surface area contributed by atoms with E-state index >= 15 is 0 Å². The smallest absolute Gasteiger partial charge is 0.191 e. The van der Waals surface area contributed by atoms with Crippen LogP contribution in [-0.4, -0.2) is 67.6 Å². The van der Waals surface area contributed by atoms with Crippen LogP contribution in [0.1, 0.15) is 25.7 Å². The van der Waals surface area contributed by atoms with Gasteiger partial charge in [-0.15, -0.1) is 24.0 Å². The highest BCUT2D eigenvalue weighted by molar-refractivity contribution is 14.0. The summed E-state index contributed by atoms with van der Waals surface area (Å²) in [5, 5.41) is 0.784. The fraction of sp³-hybridized carbons (Fsp3) is 0.650. The van der Waals surface area contributed by atoms with Gasteiger partial charge in [0.25, 0.3) is 0 Å². The standard InChI is InChI=1S/C20H30ClN5.HI/c21-17-1-3-18(4-2-17)25-11-13-26(14-12-25)20(22)23-15-16-7-9-24(10-8-16)19-5-6-19;/h1-4,16,19H,5-15H2,(H2,22,23);1H. The van der Waals surface area contributed by atoms with Gasteiger partial charge in [-0.25, -0.2) is 0 Å². The molecule has 0 radical (unpaired) electrons. The van der Waals surface area contributed by atoms with Crippen LogP contribution in [0.4, 0.5) is 5.69 Å². The van der Waals surface area contributed by atoms with Crippen molar-refractivity contribution in [2.75, 3.05) is 50.7 Å². The lowest BCUT2D eigenvalue weighted by Crippen LogP contribution is -2.51. The van der Waals surface area contributed by atoms with Gasteiger partial charge in [-0.2, -0.15) is 0 Å². The van der Waals surface area contributed by atoms with Crippen molar-refractivity contribution in [1.29, 1.82) is 0 Å². The van der Waals surface area contributed by atoms with Gasteiger partial charge in [-0.05, 0) is 69.0 Å². The largest absolute Gasteiger partial charge is 0.370 e. The molecule has 1 aromatic carbocycles. The predicted octanol–water partition coefficient (Wildman–Crippen LogP) is 3.27. The van der Waals surface area contributed by atoms with Crippen molar-refractivity contribution in [1.82, 2.24) is 9.80 Å². The highest BCUT2D eigenvalue weighted by atomic mass is 127. The molecule has 0 amide bonds. The van der Waals surface area contributed by atoms with Gasteiger partial charge in [0.15, 0.2) is 5.96 Å². The summed E-state index contributed by atoms with van der Waals surface area (Å²) in [7, 11) is 0. The molecule has 0 atom stereocenters. The van der Waals surface area contributed by atoms with Crippen molar-refractivity contribution in [2.24, 2.45) is 16.6 Å². The molecule has 0 bridgehead atoms. The van der Waals surface area contributed by atoms with Crippen molar-refractivity contribution in [3.8, 4) is 0 Å². The summed E-state index contributed by atoms with van der Waals surface area (Å²) in [6, 6.07) is 8.98. The van der Waals surface area contributed by atoms with Gasteiger partial charge in [0.05, 0.1) is 0 Å². The average molecular weight is 504 g/mol. The Morgan fingerprint density at radius 2 is 1.59 bits per heavy atom. The molecule has 150 valence electrons. The number of nitrogens with two attached hydrogens (primary N) is 1. The molecule has 2 aliphatic heterocycles. The van der Waals surface area contributed by atoms with Crippen LogP contribution in [0.2, 0.25) is 5.02 Å². The number of piperidine rings is 1. The van der Waals surface area contributed by atoms with Crippen LogP contribution in [0.25, 0.3) is 0 Å². The van der Waals surface area contributed by atoms with Crippen LogP contribution in [0, 0.1) is 5.92 Å². The minimum absolute atomic E-state index is 0. The predicted molar refractivity (Wildman–Crippen MR) is 124 cm³/mol. The Labute approximate surface area is 184 Å². The number of hydrogen-bond donors (Lipinski definition) is 1. The van der Waals surface area contributed by atoms with E-state index in [0.29, 0.717) is 5.92 Å². The van der Waals surface area contributed by atoms with Crippen LogP contribution in [-0.2, 0) is 0 Å². The molecule has 5 nitrogen and oxygen atoms in total. The van der Waals surface area contributed by atoms with E-state index < -0.39 is 0 Å². The molecule has 1 aromatic rings. The minimum Gasteiger partial charge on any atom is -0.370 e. The maximum absolute atomic E-state index is 6.28. The maximum atomic E-state index is 6.28. The monoisotopic (exact) mass is 503 g/mol. The molecule has 2 heterocycles. The second-order valence-corrected chi connectivity index (χ2v) is 8.30. The van der Waals surface area contributed by atoms with Crippen molar-refractivity contribution >= 4 is 47.2 Å². The third-order valence-corrected chi connectivity index (χ3v) is 6.27. The number of halogens is 2. The first kappa shape index (κ1) is 21.0. The highest BCUT2D eigenvalue weighted by Gasteiger charge is 2.31. The number of anilines is 1. The van der Waals surface area contributed by atoms with E-state index in [1.807, 2.05) is 12.1 Å². The number of guanidine groups is 1. The molecule has 3 fully saturated rings. The third kappa shape index (κ3) is 5.64. The number of nitrogens with zero attached hydrogens (tertiary/aromatic N) is 4. The van der Waals surface area contributed by atoms with Crippen LogP contribution in [0.3, 0.4) is 0 Å². The zero-order chi connectivity index (χ0) is 17.9. The van der Waals surface area contributed by atoms with Crippen LogP contribution >= 0.6 is 35.6 Å². The second kappa shape index (κ2) is 9.65. The van der Waals surface area contributed by atoms with Crippen LogP contribution in [0.5, 0.6) is 0 Å². The van der Waals surface area contributed by atoms with Gasteiger partial charge in [-0.1, -0.05) is 11.6 Å². The van der Waals surface area contributed by atoms with Crippen LogP contribution in [0.15, 0.2) is 29.3 Å². The molecular formula is C20H31ClIN5. The van der Waals surface area contributed by atoms with Gasteiger partial charge in [0, 0.05) is 49.5 Å². The Morgan fingerprint density at radius 1 is 0.963 bits per heavy atom. The summed E-state index contributed by atoms with van der Waals surface area (Å²) in [6.45, 7) is 7.20. The van der Waals surface area contributed by atoms with Gasteiger partial charge >= 0.3 is 0 Å². The quantitative estimate of drug-likeness (QED) is 0.389. The number of hydrogen-bond acceptors (Lipinski definition) is 3. The Hall–Kier alpha value is -0.730. The van der Waals surface area contributed by atoms with E-state index in [1.165, 1.54) is 44.5 Å². The molecular weight excluding hydrogens is 473 g/mol. The van der Waals surface area contributed by atoms with E-state index in [-0.39, 0.29) is 24.0 Å². The molecule has 0 unspecified atom stereocenters. The third-order valence-electron chi connectivity index (χ3n) is 6.02. The summed E-state index contributed by atoms with van der Waals surface area (Å²) >= 11 is 5.98. The van der Waals surface area contributed by atoms with Crippen molar-refractivity contribution < 1.29 is 0 Å². The Kier molecular flexibility index (Phi) is 7.50. The zero-order valence-electron chi connectivity index (χ0n) is 15.9. The topological polar surface area (TPSA) is 48.1 Å². The van der Waals surface area contributed by atoms with E-state index in [4.69, 9.17) is 22.3 Å². The molecule has 0 spiro atoms. The number of likely N-dealkylation sites (tertiary alicyclic amines) is 1. The molecule has 2 N–H and O–H groups in total. The molecule has 1 aliphatic carbocycles. The fourth-order valence-corrected chi connectivity index (χ4v) is 4.23. The van der Waals surface area contributed by atoms with Crippen LogP contribution < -0.4 is 10.6 Å². The molecule has 2 saturated heterocycles. The summed E-state index contributed by atoms with van der Waals surface area (Å²) in [6.07, 6.45) is 5.38. The van der Waals surface area contributed by atoms with E-state index in [9.17, 15) is 0 Å². The first-order valence-electron chi connectivity index (χ1n) is 9.98. The minimum atomic E-state index is 0. The molecule has 7 heteroatoms. The van der Waals surface area contributed by atoms with E-state index in [1.54, 1.807) is 0 Å². The molecule has 27 heavy (non-hydrogen) atoms. The van der Waals surface area contributed by atoms with Crippen molar-refractivity contribution in [3.63, 3.8) is 0 Å². The summed E-state index contributed by atoms with van der Waals surface area (Å²) < 4.78 is 0. The first-order valence-corrected chi connectivity index (χ1v) is 10.4. The van der Waals surface area contributed by atoms with Crippen molar-refractivity contribution in [3.05, 3.63) is 29.3 Å². The summed E-state index contributed by atoms with van der Waals surface area (Å²) in [4.78, 5) is 12.0.